The molecule has 0 amide bonds. The molecule has 0 aromatic carbocycles. The van der Waals surface area contributed by atoms with E-state index in [9.17, 15) is 0 Å². The van der Waals surface area contributed by atoms with Crippen LogP contribution >= 0.6 is 0 Å². The maximum absolute atomic E-state index is 5.21. The summed E-state index contributed by atoms with van der Waals surface area (Å²) in [6.07, 6.45) is 4.04. The molecule has 17 heavy (non-hydrogen) atoms. The van der Waals surface area contributed by atoms with E-state index < -0.39 is 0 Å². The van der Waals surface area contributed by atoms with Gasteiger partial charge in [-0.05, 0) is 30.6 Å². The van der Waals surface area contributed by atoms with Crippen LogP contribution in [0.1, 0.15) is 33.1 Å². The molecule has 1 saturated heterocycles. The average Bonchev–Trinajstić information content (AvgIpc) is 3.10. The van der Waals surface area contributed by atoms with Crippen molar-refractivity contribution in [2.45, 2.75) is 39.2 Å². The van der Waals surface area contributed by atoms with Crippen LogP contribution in [0.25, 0.3) is 0 Å². The van der Waals surface area contributed by atoms with E-state index in [0.29, 0.717) is 5.41 Å². The second-order valence-electron chi connectivity index (χ2n) is 6.54. The van der Waals surface area contributed by atoms with Crippen LogP contribution in [-0.2, 0) is 4.74 Å². The Hall–Kier alpha value is -0.120. The van der Waals surface area contributed by atoms with Crippen LogP contribution in [-0.4, -0.2) is 50.8 Å². The molecule has 3 nitrogen and oxygen atoms in total. The largest absolute Gasteiger partial charge is 0.385 e. The molecule has 1 heterocycles. The van der Waals surface area contributed by atoms with E-state index in [0.717, 1.165) is 25.0 Å². The standard InChI is InChI=1S/C14H28N2O/c1-14(2,6-9-17-3)11-16-8-7-15-13(10-16)12-4-5-12/h12-13,15H,4-11H2,1-3H3. The van der Waals surface area contributed by atoms with Crippen LogP contribution in [0.2, 0.25) is 0 Å². The van der Waals surface area contributed by atoms with Crippen molar-refractivity contribution in [3.8, 4) is 0 Å². The summed E-state index contributed by atoms with van der Waals surface area (Å²) >= 11 is 0. The van der Waals surface area contributed by atoms with Gasteiger partial charge in [-0.1, -0.05) is 13.8 Å². The van der Waals surface area contributed by atoms with Crippen LogP contribution in [0.5, 0.6) is 0 Å². The number of hydrogen-bond acceptors (Lipinski definition) is 3. The number of ether oxygens (including phenoxy) is 1. The van der Waals surface area contributed by atoms with Crippen molar-refractivity contribution < 1.29 is 4.74 Å². The first kappa shape index (κ1) is 13.3. The molecule has 0 radical (unpaired) electrons. The second-order valence-corrected chi connectivity index (χ2v) is 6.54. The molecule has 1 aliphatic carbocycles. The summed E-state index contributed by atoms with van der Waals surface area (Å²) in [4.78, 5) is 2.65. The summed E-state index contributed by atoms with van der Waals surface area (Å²) in [5.41, 5.74) is 0.376. The number of rotatable bonds is 6. The molecule has 1 aliphatic heterocycles. The van der Waals surface area contributed by atoms with E-state index in [1.165, 1.54) is 39.0 Å². The van der Waals surface area contributed by atoms with Crippen molar-refractivity contribution >= 4 is 0 Å². The molecular formula is C14H28N2O. The number of piperazine rings is 1. The van der Waals surface area contributed by atoms with Crippen LogP contribution in [0.15, 0.2) is 0 Å². The smallest absolute Gasteiger partial charge is 0.0467 e. The Morgan fingerprint density at radius 2 is 2.12 bits per heavy atom. The first-order chi connectivity index (χ1) is 8.11. The van der Waals surface area contributed by atoms with Gasteiger partial charge in [0.1, 0.15) is 0 Å². The molecular weight excluding hydrogens is 212 g/mol. The topological polar surface area (TPSA) is 24.5 Å². The summed E-state index contributed by atoms with van der Waals surface area (Å²) in [5.74, 6) is 0.972. The monoisotopic (exact) mass is 240 g/mol. The zero-order valence-electron chi connectivity index (χ0n) is 11.7. The highest BCUT2D eigenvalue weighted by atomic mass is 16.5. The Kier molecular flexibility index (Phi) is 4.45. The molecule has 2 fully saturated rings. The predicted octanol–water partition coefficient (Wildman–Crippen LogP) is 1.73. The third kappa shape index (κ3) is 4.23. The van der Waals surface area contributed by atoms with E-state index in [4.69, 9.17) is 4.74 Å². The van der Waals surface area contributed by atoms with Crippen molar-refractivity contribution in [1.82, 2.24) is 10.2 Å². The van der Waals surface area contributed by atoms with Crippen molar-refractivity contribution in [3.05, 3.63) is 0 Å². The lowest BCUT2D eigenvalue weighted by molar-refractivity contribution is 0.0964. The maximum Gasteiger partial charge on any atom is 0.0467 e. The molecule has 2 rings (SSSR count). The van der Waals surface area contributed by atoms with Crippen molar-refractivity contribution in [1.29, 1.82) is 0 Å². The molecule has 0 bridgehead atoms. The number of nitrogens with one attached hydrogen (secondary N) is 1. The molecule has 1 saturated carbocycles. The minimum Gasteiger partial charge on any atom is -0.385 e. The van der Waals surface area contributed by atoms with Crippen LogP contribution < -0.4 is 5.32 Å². The van der Waals surface area contributed by atoms with E-state index in [1.807, 2.05) is 0 Å². The van der Waals surface area contributed by atoms with Crippen molar-refractivity contribution in [2.24, 2.45) is 11.3 Å². The van der Waals surface area contributed by atoms with E-state index >= 15 is 0 Å². The van der Waals surface area contributed by atoms with E-state index in [2.05, 4.69) is 24.1 Å². The minimum absolute atomic E-state index is 0.376. The summed E-state index contributed by atoms with van der Waals surface area (Å²) in [5, 5.41) is 3.67. The Labute approximate surface area is 106 Å². The highest BCUT2D eigenvalue weighted by Gasteiger charge is 2.35. The molecule has 3 heteroatoms. The summed E-state index contributed by atoms with van der Waals surface area (Å²) in [6.45, 7) is 10.4. The Morgan fingerprint density at radius 1 is 1.35 bits per heavy atom. The van der Waals surface area contributed by atoms with Gasteiger partial charge in [0, 0.05) is 45.9 Å². The third-order valence-corrected chi connectivity index (χ3v) is 4.12. The summed E-state index contributed by atoms with van der Waals surface area (Å²) < 4.78 is 5.21. The number of methoxy groups -OCH3 is 1. The first-order valence-electron chi connectivity index (χ1n) is 7.05. The Balaban J connectivity index is 1.76. The fourth-order valence-corrected chi connectivity index (χ4v) is 2.86. The molecule has 0 spiro atoms. The Bertz CT molecular complexity index is 238. The van der Waals surface area contributed by atoms with Gasteiger partial charge in [0.2, 0.25) is 0 Å². The molecule has 0 aromatic heterocycles. The highest BCUT2D eigenvalue weighted by molar-refractivity contribution is 4.92. The van der Waals surface area contributed by atoms with Crippen molar-refractivity contribution in [3.63, 3.8) is 0 Å². The molecule has 0 aromatic rings. The molecule has 1 unspecified atom stereocenters. The summed E-state index contributed by atoms with van der Waals surface area (Å²) in [7, 11) is 1.80. The molecule has 100 valence electrons. The lowest BCUT2D eigenvalue weighted by atomic mass is 9.88. The highest BCUT2D eigenvalue weighted by Crippen LogP contribution is 2.34. The fourth-order valence-electron chi connectivity index (χ4n) is 2.86. The fraction of sp³-hybridized carbons (Fsp3) is 1.00. The lowest BCUT2D eigenvalue weighted by Gasteiger charge is -2.38. The van der Waals surface area contributed by atoms with Gasteiger partial charge in [0.25, 0.3) is 0 Å². The molecule has 2 aliphatic rings. The van der Waals surface area contributed by atoms with E-state index in [-0.39, 0.29) is 0 Å². The number of hydrogen-bond donors (Lipinski definition) is 1. The normalized spacial score (nSPS) is 27.4. The maximum atomic E-state index is 5.21. The number of nitrogens with zero attached hydrogens (tertiary/aromatic N) is 1. The van der Waals surface area contributed by atoms with Gasteiger partial charge in [0.15, 0.2) is 0 Å². The lowest BCUT2D eigenvalue weighted by Crippen LogP contribution is -2.53. The second kappa shape index (κ2) is 5.68. The van der Waals surface area contributed by atoms with Gasteiger partial charge >= 0.3 is 0 Å². The SMILES string of the molecule is COCCC(C)(C)CN1CCNC(C2CC2)C1. The van der Waals surface area contributed by atoms with Gasteiger partial charge in [-0.25, -0.2) is 0 Å². The summed E-state index contributed by atoms with van der Waals surface area (Å²) in [6, 6.07) is 0.766. The van der Waals surface area contributed by atoms with Gasteiger partial charge < -0.3 is 10.1 Å². The van der Waals surface area contributed by atoms with Gasteiger partial charge in [0.05, 0.1) is 0 Å². The Morgan fingerprint density at radius 3 is 2.76 bits per heavy atom. The third-order valence-electron chi connectivity index (χ3n) is 4.12. The van der Waals surface area contributed by atoms with Crippen LogP contribution in [0.4, 0.5) is 0 Å². The van der Waals surface area contributed by atoms with Gasteiger partial charge in [-0.15, -0.1) is 0 Å². The first-order valence-corrected chi connectivity index (χ1v) is 7.05. The quantitative estimate of drug-likeness (QED) is 0.765. The zero-order chi connectivity index (χ0) is 12.3. The zero-order valence-corrected chi connectivity index (χ0v) is 11.7. The molecule has 1 N–H and O–H groups in total. The predicted molar refractivity (Wildman–Crippen MR) is 71.2 cm³/mol. The van der Waals surface area contributed by atoms with Gasteiger partial charge in [-0.3, -0.25) is 4.90 Å². The minimum atomic E-state index is 0.376. The van der Waals surface area contributed by atoms with E-state index in [1.54, 1.807) is 7.11 Å². The van der Waals surface area contributed by atoms with Crippen molar-refractivity contribution in [2.75, 3.05) is 39.9 Å². The van der Waals surface area contributed by atoms with Crippen LogP contribution in [0, 0.1) is 11.3 Å². The van der Waals surface area contributed by atoms with Gasteiger partial charge in [-0.2, -0.15) is 0 Å². The average molecular weight is 240 g/mol. The molecule has 1 atom stereocenters. The van der Waals surface area contributed by atoms with Crippen LogP contribution in [0.3, 0.4) is 0 Å².